The van der Waals surface area contributed by atoms with Crippen molar-refractivity contribution in [3.8, 4) is 29.7 Å². The largest absolute Gasteiger partial charge is 0.493 e. The Balaban J connectivity index is 1.76. The first-order valence-electron chi connectivity index (χ1n) is 9.23. The number of terminal acetylenes is 1. The minimum absolute atomic E-state index is 0.0452. The van der Waals surface area contributed by atoms with Gasteiger partial charge >= 0.3 is 0 Å². The number of para-hydroxylation sites is 2. The molecule has 0 saturated carbocycles. The summed E-state index contributed by atoms with van der Waals surface area (Å²) in [7, 11) is 1.39. The van der Waals surface area contributed by atoms with Crippen LogP contribution in [-0.4, -0.2) is 23.0 Å². The van der Waals surface area contributed by atoms with E-state index in [1.165, 1.54) is 25.3 Å². The average Bonchev–Trinajstić information content (AvgIpc) is 2.79. The first-order valence-corrected chi connectivity index (χ1v) is 9.23. The van der Waals surface area contributed by atoms with Gasteiger partial charge in [0.2, 0.25) is 0 Å². The first kappa shape index (κ1) is 19.9. The molecule has 0 unspecified atom stereocenters. The molecule has 1 N–H and O–H groups in total. The number of hydrogen-bond acceptors (Lipinski definition) is 5. The molecule has 1 aromatic heterocycles. The maximum atomic E-state index is 13.6. The third-order valence-electron chi connectivity index (χ3n) is 4.37. The molecule has 1 amide bonds. The molecule has 0 aliphatic heterocycles. The molecular weight excluding hydrogens is 397 g/mol. The van der Waals surface area contributed by atoms with Crippen molar-refractivity contribution < 1.29 is 18.7 Å². The van der Waals surface area contributed by atoms with Crippen LogP contribution in [-0.2, 0) is 0 Å². The second-order valence-electron chi connectivity index (χ2n) is 6.44. The molecule has 0 spiro atoms. The van der Waals surface area contributed by atoms with E-state index in [1.54, 1.807) is 48.5 Å². The van der Waals surface area contributed by atoms with Crippen LogP contribution in [0.3, 0.4) is 0 Å². The predicted molar refractivity (Wildman–Crippen MR) is 115 cm³/mol. The summed E-state index contributed by atoms with van der Waals surface area (Å²) in [5.74, 6) is 1.79. The number of fused-ring (bicyclic) bond motifs is 1. The zero-order chi connectivity index (χ0) is 21.8. The van der Waals surface area contributed by atoms with Crippen molar-refractivity contribution >= 4 is 22.6 Å². The molecule has 0 aliphatic rings. The van der Waals surface area contributed by atoms with Gasteiger partial charge in [-0.1, -0.05) is 24.1 Å². The maximum Gasteiger partial charge on any atom is 0.279 e. The van der Waals surface area contributed by atoms with Gasteiger partial charge in [0.05, 0.1) is 18.1 Å². The standard InChI is InChI=1S/C24H16FN3O3/c1-3-15-7-6-8-17(13-15)26-23(29)22-24(28-19-10-5-4-9-18(19)27-22)31-20-12-11-16(25)14-21(20)30-2/h1,4-14H,2H3,(H,26,29). The summed E-state index contributed by atoms with van der Waals surface area (Å²) in [6.07, 6.45) is 5.43. The van der Waals surface area contributed by atoms with Crippen molar-refractivity contribution in [3.05, 3.63) is 83.8 Å². The van der Waals surface area contributed by atoms with E-state index in [-0.39, 0.29) is 23.1 Å². The van der Waals surface area contributed by atoms with Crippen LogP contribution in [0.2, 0.25) is 0 Å². The Morgan fingerprint density at radius 2 is 1.77 bits per heavy atom. The van der Waals surface area contributed by atoms with Crippen molar-refractivity contribution in [2.45, 2.75) is 0 Å². The fourth-order valence-corrected chi connectivity index (χ4v) is 2.91. The minimum Gasteiger partial charge on any atom is -0.493 e. The number of benzene rings is 3. The topological polar surface area (TPSA) is 73.3 Å². The lowest BCUT2D eigenvalue weighted by Gasteiger charge is -2.13. The SMILES string of the molecule is C#Cc1cccc(NC(=O)c2nc3ccccc3nc2Oc2ccc(F)cc2OC)c1. The normalized spacial score (nSPS) is 10.4. The smallest absolute Gasteiger partial charge is 0.279 e. The molecule has 0 fully saturated rings. The Morgan fingerprint density at radius 3 is 2.52 bits per heavy atom. The number of rotatable bonds is 5. The van der Waals surface area contributed by atoms with Crippen LogP contribution in [0.1, 0.15) is 16.1 Å². The maximum absolute atomic E-state index is 13.6. The van der Waals surface area contributed by atoms with Crippen molar-refractivity contribution in [3.63, 3.8) is 0 Å². The van der Waals surface area contributed by atoms with Crippen molar-refractivity contribution in [1.82, 2.24) is 9.97 Å². The number of halogens is 1. The lowest BCUT2D eigenvalue weighted by Crippen LogP contribution is -2.16. The monoisotopic (exact) mass is 413 g/mol. The fraction of sp³-hybridized carbons (Fsp3) is 0.0417. The van der Waals surface area contributed by atoms with E-state index in [9.17, 15) is 9.18 Å². The summed E-state index contributed by atoms with van der Waals surface area (Å²) < 4.78 is 24.6. The number of amides is 1. The van der Waals surface area contributed by atoms with Gasteiger partial charge in [-0.3, -0.25) is 4.79 Å². The summed E-state index contributed by atoms with van der Waals surface area (Å²) in [5, 5.41) is 2.75. The zero-order valence-corrected chi connectivity index (χ0v) is 16.4. The molecule has 7 heteroatoms. The van der Waals surface area contributed by atoms with Gasteiger partial charge in [-0.05, 0) is 42.5 Å². The molecule has 1 heterocycles. The summed E-state index contributed by atoms with van der Waals surface area (Å²) in [5.41, 5.74) is 2.12. The Kier molecular flexibility index (Phi) is 5.45. The third kappa shape index (κ3) is 4.28. The molecule has 0 aliphatic carbocycles. The lowest BCUT2D eigenvalue weighted by atomic mass is 10.2. The van der Waals surface area contributed by atoms with Crippen LogP contribution < -0.4 is 14.8 Å². The second-order valence-corrected chi connectivity index (χ2v) is 6.44. The number of nitrogens with one attached hydrogen (secondary N) is 1. The van der Waals surface area contributed by atoms with E-state index < -0.39 is 11.7 Å². The molecule has 3 aromatic carbocycles. The van der Waals surface area contributed by atoms with Gasteiger partial charge in [0, 0.05) is 17.3 Å². The Bertz CT molecular complexity index is 1330. The van der Waals surface area contributed by atoms with Crippen LogP contribution in [0, 0.1) is 18.2 Å². The average molecular weight is 413 g/mol. The number of nitrogens with zero attached hydrogens (tertiary/aromatic N) is 2. The van der Waals surface area contributed by atoms with E-state index in [2.05, 4.69) is 21.2 Å². The van der Waals surface area contributed by atoms with E-state index in [1.807, 2.05) is 0 Å². The Morgan fingerprint density at radius 1 is 1.00 bits per heavy atom. The van der Waals surface area contributed by atoms with Gasteiger partial charge in [0.15, 0.2) is 17.2 Å². The van der Waals surface area contributed by atoms with Crippen LogP contribution >= 0.6 is 0 Å². The number of methoxy groups -OCH3 is 1. The number of carbonyl (C=O) groups is 1. The van der Waals surface area contributed by atoms with E-state index in [0.29, 0.717) is 22.3 Å². The highest BCUT2D eigenvalue weighted by Crippen LogP contribution is 2.33. The molecule has 0 atom stereocenters. The summed E-state index contributed by atoms with van der Waals surface area (Å²) in [4.78, 5) is 21.9. The molecule has 0 radical (unpaired) electrons. The molecule has 0 saturated heterocycles. The minimum atomic E-state index is -0.538. The van der Waals surface area contributed by atoms with E-state index >= 15 is 0 Å². The van der Waals surface area contributed by atoms with Gasteiger partial charge < -0.3 is 14.8 Å². The molecular formula is C24H16FN3O3. The Labute approximate surface area is 177 Å². The van der Waals surface area contributed by atoms with Gasteiger partial charge in [0.1, 0.15) is 5.82 Å². The van der Waals surface area contributed by atoms with Gasteiger partial charge in [-0.25, -0.2) is 14.4 Å². The second kappa shape index (κ2) is 8.51. The van der Waals surface area contributed by atoms with Crippen LogP contribution in [0.25, 0.3) is 11.0 Å². The highest BCUT2D eigenvalue weighted by molar-refractivity contribution is 6.05. The van der Waals surface area contributed by atoms with Crippen LogP contribution in [0.4, 0.5) is 10.1 Å². The van der Waals surface area contributed by atoms with Crippen molar-refractivity contribution in [1.29, 1.82) is 0 Å². The highest BCUT2D eigenvalue weighted by Gasteiger charge is 2.20. The van der Waals surface area contributed by atoms with Gasteiger partial charge in [-0.15, -0.1) is 6.42 Å². The summed E-state index contributed by atoms with van der Waals surface area (Å²) in [6.45, 7) is 0. The summed E-state index contributed by atoms with van der Waals surface area (Å²) in [6, 6.07) is 17.7. The highest BCUT2D eigenvalue weighted by atomic mass is 19.1. The zero-order valence-electron chi connectivity index (χ0n) is 16.4. The number of carbonyl (C=O) groups excluding carboxylic acids is 1. The van der Waals surface area contributed by atoms with Gasteiger partial charge in [-0.2, -0.15) is 0 Å². The van der Waals surface area contributed by atoms with E-state index in [0.717, 1.165) is 0 Å². The molecule has 152 valence electrons. The number of anilines is 1. The van der Waals surface area contributed by atoms with Crippen molar-refractivity contribution in [2.24, 2.45) is 0 Å². The Hall–Kier alpha value is -4.44. The summed E-state index contributed by atoms with van der Waals surface area (Å²) >= 11 is 0. The molecule has 31 heavy (non-hydrogen) atoms. The number of aromatic nitrogens is 2. The molecule has 4 rings (SSSR count). The van der Waals surface area contributed by atoms with Gasteiger partial charge in [0.25, 0.3) is 11.8 Å². The van der Waals surface area contributed by atoms with Crippen molar-refractivity contribution in [2.75, 3.05) is 12.4 Å². The molecule has 6 nitrogen and oxygen atoms in total. The quantitative estimate of drug-likeness (QED) is 0.476. The first-order chi connectivity index (χ1) is 15.1. The molecule has 4 aromatic rings. The molecule has 0 bridgehead atoms. The van der Waals surface area contributed by atoms with Crippen LogP contribution in [0.5, 0.6) is 17.4 Å². The fourth-order valence-electron chi connectivity index (χ4n) is 2.91. The lowest BCUT2D eigenvalue weighted by molar-refractivity contribution is 0.101. The number of ether oxygens (including phenoxy) is 2. The number of hydrogen-bond donors (Lipinski definition) is 1. The van der Waals surface area contributed by atoms with E-state index in [4.69, 9.17) is 15.9 Å². The third-order valence-corrected chi connectivity index (χ3v) is 4.37. The predicted octanol–water partition coefficient (Wildman–Crippen LogP) is 4.80. The van der Waals surface area contributed by atoms with Crippen LogP contribution in [0.15, 0.2) is 66.7 Å².